The number of Topliss-reactive ketones (excluding diaryl/α,β-unsaturated/α-hetero) is 1. The predicted octanol–water partition coefficient (Wildman–Crippen LogP) is 1.68. The molecular formula is C9H12N2O2S. The smallest absolute Gasteiger partial charge is 0.176 e. The Kier molecular flexibility index (Phi) is 3.21. The summed E-state index contributed by atoms with van der Waals surface area (Å²) in [6.07, 6.45) is 5.42. The Morgan fingerprint density at radius 2 is 2.64 bits per heavy atom. The number of carbonyl (C=O) groups is 1. The highest BCUT2D eigenvalue weighted by molar-refractivity contribution is 7.07. The van der Waals surface area contributed by atoms with Crippen molar-refractivity contribution in [3.05, 3.63) is 11.1 Å². The molecule has 1 saturated heterocycles. The van der Waals surface area contributed by atoms with Gasteiger partial charge in [0.1, 0.15) is 4.88 Å². The van der Waals surface area contributed by atoms with Crippen LogP contribution in [0.3, 0.4) is 0 Å². The van der Waals surface area contributed by atoms with Gasteiger partial charge in [0, 0.05) is 13.0 Å². The molecule has 1 atom stereocenters. The lowest BCUT2D eigenvalue weighted by Gasteiger charge is -2.06. The summed E-state index contributed by atoms with van der Waals surface area (Å²) in [5.41, 5.74) is 0. The van der Waals surface area contributed by atoms with Gasteiger partial charge in [0.2, 0.25) is 0 Å². The van der Waals surface area contributed by atoms with Crippen LogP contribution in [0.2, 0.25) is 0 Å². The Morgan fingerprint density at radius 3 is 3.29 bits per heavy atom. The van der Waals surface area contributed by atoms with E-state index in [1.54, 1.807) is 0 Å². The fourth-order valence-electron chi connectivity index (χ4n) is 1.58. The highest BCUT2D eigenvalue weighted by Crippen LogP contribution is 2.18. The summed E-state index contributed by atoms with van der Waals surface area (Å²) < 4.78 is 9.10. The lowest BCUT2D eigenvalue weighted by Crippen LogP contribution is -2.08. The molecule has 14 heavy (non-hydrogen) atoms. The zero-order valence-electron chi connectivity index (χ0n) is 7.81. The van der Waals surface area contributed by atoms with Crippen LogP contribution in [-0.2, 0) is 4.74 Å². The molecule has 0 N–H and O–H groups in total. The normalized spacial score (nSPS) is 21.3. The zero-order chi connectivity index (χ0) is 9.80. The van der Waals surface area contributed by atoms with Crippen LogP contribution in [0, 0.1) is 0 Å². The van der Waals surface area contributed by atoms with E-state index in [9.17, 15) is 4.79 Å². The maximum absolute atomic E-state index is 11.5. The van der Waals surface area contributed by atoms with E-state index in [2.05, 4.69) is 9.59 Å². The number of hydrogen-bond acceptors (Lipinski definition) is 5. The zero-order valence-corrected chi connectivity index (χ0v) is 8.63. The minimum absolute atomic E-state index is 0.135. The van der Waals surface area contributed by atoms with Gasteiger partial charge in [-0.2, -0.15) is 0 Å². The minimum atomic E-state index is 0.135. The van der Waals surface area contributed by atoms with Gasteiger partial charge in [0.05, 0.1) is 12.3 Å². The standard InChI is InChI=1S/C9H12N2O2S/c12-8(9-6-10-11-14-9)4-3-7-2-1-5-13-7/h6-7H,1-5H2. The van der Waals surface area contributed by atoms with Crippen LogP contribution in [0.25, 0.3) is 0 Å². The molecule has 2 heterocycles. The summed E-state index contributed by atoms with van der Waals surface area (Å²) in [4.78, 5) is 12.2. The first kappa shape index (κ1) is 9.73. The second kappa shape index (κ2) is 4.61. The predicted molar refractivity (Wildman–Crippen MR) is 52.4 cm³/mol. The van der Waals surface area contributed by atoms with E-state index >= 15 is 0 Å². The van der Waals surface area contributed by atoms with Crippen molar-refractivity contribution in [3.63, 3.8) is 0 Å². The second-order valence-corrected chi connectivity index (χ2v) is 4.16. The van der Waals surface area contributed by atoms with Gasteiger partial charge in [-0.1, -0.05) is 4.49 Å². The van der Waals surface area contributed by atoms with Gasteiger partial charge < -0.3 is 4.74 Å². The lowest BCUT2D eigenvalue weighted by molar-refractivity contribution is 0.0862. The molecule has 0 spiro atoms. The van der Waals surface area contributed by atoms with Crippen molar-refractivity contribution in [1.29, 1.82) is 0 Å². The highest BCUT2D eigenvalue weighted by atomic mass is 32.1. The quantitative estimate of drug-likeness (QED) is 0.712. The molecule has 5 heteroatoms. The van der Waals surface area contributed by atoms with Crippen LogP contribution >= 0.6 is 11.5 Å². The Morgan fingerprint density at radius 1 is 1.71 bits per heavy atom. The fraction of sp³-hybridized carbons (Fsp3) is 0.667. The molecule has 0 saturated carbocycles. The van der Waals surface area contributed by atoms with Gasteiger partial charge in [-0.15, -0.1) is 5.10 Å². The largest absolute Gasteiger partial charge is 0.378 e. The van der Waals surface area contributed by atoms with E-state index in [-0.39, 0.29) is 5.78 Å². The summed E-state index contributed by atoms with van der Waals surface area (Å²) in [5, 5.41) is 3.64. The first-order chi connectivity index (χ1) is 6.86. The van der Waals surface area contributed by atoms with Gasteiger partial charge in [0.15, 0.2) is 5.78 Å². The third-order valence-electron chi connectivity index (χ3n) is 2.35. The second-order valence-electron chi connectivity index (χ2n) is 3.38. The first-order valence-electron chi connectivity index (χ1n) is 4.78. The van der Waals surface area contributed by atoms with Crippen molar-refractivity contribution in [3.8, 4) is 0 Å². The molecule has 1 unspecified atom stereocenters. The van der Waals surface area contributed by atoms with Crippen LogP contribution in [0.5, 0.6) is 0 Å². The van der Waals surface area contributed by atoms with Crippen molar-refractivity contribution in [2.75, 3.05) is 6.61 Å². The molecule has 1 aliphatic heterocycles. The van der Waals surface area contributed by atoms with E-state index in [0.29, 0.717) is 17.4 Å². The molecule has 0 aromatic carbocycles. The average Bonchev–Trinajstić information content (AvgIpc) is 2.87. The molecule has 0 radical (unpaired) electrons. The topological polar surface area (TPSA) is 52.1 Å². The Hall–Kier alpha value is -0.810. The molecular weight excluding hydrogens is 200 g/mol. The van der Waals surface area contributed by atoms with Crippen LogP contribution in [-0.4, -0.2) is 28.1 Å². The number of aromatic nitrogens is 2. The lowest BCUT2D eigenvalue weighted by atomic mass is 10.1. The molecule has 0 amide bonds. The Labute approximate surface area is 86.4 Å². The van der Waals surface area contributed by atoms with Gasteiger partial charge in [-0.3, -0.25) is 4.79 Å². The number of rotatable bonds is 4. The van der Waals surface area contributed by atoms with Crippen LogP contribution in [0.4, 0.5) is 0 Å². The van der Waals surface area contributed by atoms with E-state index < -0.39 is 0 Å². The van der Waals surface area contributed by atoms with Crippen LogP contribution in [0.1, 0.15) is 35.4 Å². The number of carbonyl (C=O) groups excluding carboxylic acids is 1. The SMILES string of the molecule is O=C(CCC1CCCO1)c1cnns1. The Balaban J connectivity index is 1.78. The maximum Gasteiger partial charge on any atom is 0.176 e. The molecule has 1 aromatic heterocycles. The fourth-order valence-corrected chi connectivity index (χ4v) is 2.06. The monoisotopic (exact) mass is 212 g/mol. The Bertz CT molecular complexity index is 294. The third kappa shape index (κ3) is 2.36. The molecule has 1 fully saturated rings. The number of ether oxygens (including phenoxy) is 1. The summed E-state index contributed by atoms with van der Waals surface area (Å²) in [6.45, 7) is 0.848. The van der Waals surface area contributed by atoms with E-state index in [1.807, 2.05) is 0 Å². The molecule has 1 aliphatic rings. The average molecular weight is 212 g/mol. The van der Waals surface area contributed by atoms with Crippen molar-refractivity contribution >= 4 is 17.3 Å². The summed E-state index contributed by atoms with van der Waals surface area (Å²) in [5.74, 6) is 0.135. The summed E-state index contributed by atoms with van der Waals surface area (Å²) in [6, 6.07) is 0. The van der Waals surface area contributed by atoms with Crippen LogP contribution in [0.15, 0.2) is 6.20 Å². The molecule has 0 bridgehead atoms. The number of ketones is 1. The van der Waals surface area contributed by atoms with Crippen molar-refractivity contribution in [2.24, 2.45) is 0 Å². The highest BCUT2D eigenvalue weighted by Gasteiger charge is 2.17. The van der Waals surface area contributed by atoms with E-state index in [1.165, 1.54) is 6.20 Å². The number of hydrogen-bond donors (Lipinski definition) is 0. The third-order valence-corrected chi connectivity index (χ3v) is 3.06. The molecule has 0 aliphatic carbocycles. The molecule has 4 nitrogen and oxygen atoms in total. The van der Waals surface area contributed by atoms with E-state index in [0.717, 1.165) is 37.4 Å². The van der Waals surface area contributed by atoms with Gasteiger partial charge in [-0.05, 0) is 30.8 Å². The first-order valence-corrected chi connectivity index (χ1v) is 5.56. The molecule has 76 valence electrons. The summed E-state index contributed by atoms with van der Waals surface area (Å²) in [7, 11) is 0. The van der Waals surface area contributed by atoms with Crippen molar-refractivity contribution in [1.82, 2.24) is 9.59 Å². The maximum atomic E-state index is 11.5. The van der Waals surface area contributed by atoms with Gasteiger partial charge in [-0.25, -0.2) is 0 Å². The molecule has 2 rings (SSSR count). The van der Waals surface area contributed by atoms with Crippen LogP contribution < -0.4 is 0 Å². The van der Waals surface area contributed by atoms with Crippen molar-refractivity contribution in [2.45, 2.75) is 31.8 Å². The molecule has 1 aromatic rings. The minimum Gasteiger partial charge on any atom is -0.378 e. The van der Waals surface area contributed by atoms with Gasteiger partial charge in [0.25, 0.3) is 0 Å². The van der Waals surface area contributed by atoms with Crippen molar-refractivity contribution < 1.29 is 9.53 Å². The van der Waals surface area contributed by atoms with E-state index in [4.69, 9.17) is 4.74 Å². The van der Waals surface area contributed by atoms with Gasteiger partial charge >= 0.3 is 0 Å². The summed E-state index contributed by atoms with van der Waals surface area (Å²) >= 11 is 1.16. The number of nitrogens with zero attached hydrogens (tertiary/aromatic N) is 2.